The minimum atomic E-state index is -0.522. The molecule has 0 aromatic heterocycles. The van der Waals surface area contributed by atoms with Crippen molar-refractivity contribution in [1.29, 1.82) is 5.26 Å². The van der Waals surface area contributed by atoms with E-state index in [2.05, 4.69) is 31.2 Å². The average Bonchev–Trinajstić information content (AvgIpc) is 3.16. The van der Waals surface area contributed by atoms with Gasteiger partial charge in [0.05, 0.1) is 30.6 Å². The Balaban J connectivity index is 1.79. The molecule has 134 valence electrons. The van der Waals surface area contributed by atoms with Crippen LogP contribution in [0.4, 0.5) is 0 Å². The van der Waals surface area contributed by atoms with E-state index in [0.717, 1.165) is 29.7 Å². The molecule has 4 heteroatoms. The predicted octanol–water partition coefficient (Wildman–Crippen LogP) is 4.44. The molecule has 0 heterocycles. The fourth-order valence-corrected chi connectivity index (χ4v) is 4.19. The molecule has 2 fully saturated rings. The summed E-state index contributed by atoms with van der Waals surface area (Å²) in [6, 6.07) is 8.72. The van der Waals surface area contributed by atoms with Gasteiger partial charge in [0.2, 0.25) is 0 Å². The van der Waals surface area contributed by atoms with Crippen LogP contribution < -0.4 is 4.74 Å². The Morgan fingerprint density at radius 3 is 2.48 bits per heavy atom. The van der Waals surface area contributed by atoms with Gasteiger partial charge in [0.15, 0.2) is 0 Å². The number of aryl methyl sites for hydroxylation is 1. The van der Waals surface area contributed by atoms with E-state index in [1.807, 2.05) is 0 Å². The van der Waals surface area contributed by atoms with Crippen LogP contribution in [0.1, 0.15) is 62.5 Å². The summed E-state index contributed by atoms with van der Waals surface area (Å²) in [6.07, 6.45) is 7.80. The second-order valence-corrected chi connectivity index (χ2v) is 7.50. The van der Waals surface area contributed by atoms with E-state index in [1.165, 1.54) is 20.0 Å². The predicted molar refractivity (Wildman–Crippen MR) is 95.3 cm³/mol. The number of hydrogen-bond donors (Lipinski definition) is 0. The summed E-state index contributed by atoms with van der Waals surface area (Å²) in [7, 11) is 1.43. The summed E-state index contributed by atoms with van der Waals surface area (Å²) < 4.78 is 11.1. The van der Waals surface area contributed by atoms with E-state index in [1.54, 1.807) is 0 Å². The number of esters is 1. The third-order valence-electron chi connectivity index (χ3n) is 5.92. The minimum absolute atomic E-state index is 0.0777. The fraction of sp³-hybridized carbons (Fsp3) is 0.619. The van der Waals surface area contributed by atoms with Crippen LogP contribution in [0.2, 0.25) is 0 Å². The molecule has 0 atom stereocenters. The highest BCUT2D eigenvalue weighted by Crippen LogP contribution is 2.43. The van der Waals surface area contributed by atoms with E-state index in [4.69, 9.17) is 9.47 Å². The molecule has 3 rings (SSSR count). The van der Waals surface area contributed by atoms with Crippen LogP contribution in [-0.4, -0.2) is 19.2 Å². The Labute approximate surface area is 150 Å². The molecule has 2 saturated carbocycles. The lowest BCUT2D eigenvalue weighted by Crippen LogP contribution is -2.33. The van der Waals surface area contributed by atoms with Crippen molar-refractivity contribution in [3.05, 3.63) is 29.3 Å². The lowest BCUT2D eigenvalue weighted by molar-refractivity contribution is -0.146. The summed E-state index contributed by atoms with van der Waals surface area (Å²) in [5.41, 5.74) is 1.62. The topological polar surface area (TPSA) is 59.3 Å². The summed E-state index contributed by atoms with van der Waals surface area (Å²) in [6.45, 7) is 2.06. The van der Waals surface area contributed by atoms with Crippen LogP contribution >= 0.6 is 0 Å². The Morgan fingerprint density at radius 2 is 1.88 bits per heavy atom. The van der Waals surface area contributed by atoms with Crippen LogP contribution in [0.25, 0.3) is 0 Å². The normalized spacial score (nSPS) is 26.8. The number of methoxy groups -OCH3 is 1. The maximum absolute atomic E-state index is 11.8. The van der Waals surface area contributed by atoms with Crippen molar-refractivity contribution in [3.8, 4) is 11.8 Å². The molecule has 0 bridgehead atoms. The number of nitriles is 1. The Hall–Kier alpha value is -2.02. The maximum atomic E-state index is 11.8. The Morgan fingerprint density at radius 1 is 1.20 bits per heavy atom. The van der Waals surface area contributed by atoms with Crippen molar-refractivity contribution in [2.75, 3.05) is 7.11 Å². The van der Waals surface area contributed by atoms with E-state index in [-0.39, 0.29) is 11.9 Å². The highest BCUT2D eigenvalue weighted by atomic mass is 16.5. The number of nitrogens with zero attached hydrogens (tertiary/aromatic N) is 1. The van der Waals surface area contributed by atoms with Crippen molar-refractivity contribution in [1.82, 2.24) is 0 Å². The SMILES string of the molecule is COC(=O)C1CCC(C#N)(c2ccc(C)c(OC3CCCC3)c2)CC1. The van der Waals surface area contributed by atoms with Gasteiger partial charge in [-0.15, -0.1) is 0 Å². The molecule has 25 heavy (non-hydrogen) atoms. The molecule has 0 saturated heterocycles. The number of hydrogen-bond acceptors (Lipinski definition) is 4. The largest absolute Gasteiger partial charge is 0.490 e. The van der Waals surface area contributed by atoms with Gasteiger partial charge in [-0.25, -0.2) is 0 Å². The molecule has 4 nitrogen and oxygen atoms in total. The van der Waals surface area contributed by atoms with Crippen molar-refractivity contribution in [2.24, 2.45) is 5.92 Å². The molecule has 0 aliphatic heterocycles. The van der Waals surface area contributed by atoms with E-state index < -0.39 is 5.41 Å². The Bertz CT molecular complexity index is 662. The zero-order valence-corrected chi connectivity index (χ0v) is 15.2. The Kier molecular flexibility index (Phi) is 5.32. The van der Waals surface area contributed by atoms with E-state index in [0.29, 0.717) is 31.8 Å². The lowest BCUT2D eigenvalue weighted by Gasteiger charge is -2.34. The average molecular weight is 341 g/mol. The fourth-order valence-electron chi connectivity index (χ4n) is 4.19. The number of ether oxygens (including phenoxy) is 2. The molecular weight excluding hydrogens is 314 g/mol. The van der Waals surface area contributed by atoms with Crippen LogP contribution in [-0.2, 0) is 14.9 Å². The molecule has 0 N–H and O–H groups in total. The second kappa shape index (κ2) is 7.47. The van der Waals surface area contributed by atoms with Crippen molar-refractivity contribution >= 4 is 5.97 Å². The third-order valence-corrected chi connectivity index (χ3v) is 5.92. The van der Waals surface area contributed by atoms with Gasteiger partial charge in [0.1, 0.15) is 5.75 Å². The van der Waals surface area contributed by atoms with Gasteiger partial charge in [0.25, 0.3) is 0 Å². The summed E-state index contributed by atoms with van der Waals surface area (Å²) in [5.74, 6) is 0.681. The standard InChI is InChI=1S/C21H27NO3/c1-15-7-8-17(13-19(15)25-18-5-3-4-6-18)21(14-22)11-9-16(10-12-21)20(23)24-2/h7-8,13,16,18H,3-6,9-12H2,1-2H3. The molecule has 0 unspecified atom stereocenters. The first kappa shape index (κ1) is 17.8. The zero-order chi connectivity index (χ0) is 17.9. The minimum Gasteiger partial charge on any atom is -0.490 e. The first-order chi connectivity index (χ1) is 12.1. The number of rotatable bonds is 4. The second-order valence-electron chi connectivity index (χ2n) is 7.50. The smallest absolute Gasteiger partial charge is 0.308 e. The molecule has 2 aliphatic rings. The zero-order valence-electron chi connectivity index (χ0n) is 15.2. The quantitative estimate of drug-likeness (QED) is 0.760. The summed E-state index contributed by atoms with van der Waals surface area (Å²) in [5, 5.41) is 9.91. The molecule has 1 aromatic rings. The van der Waals surface area contributed by atoms with Crippen LogP contribution in [0.5, 0.6) is 5.75 Å². The molecule has 0 amide bonds. The molecule has 0 radical (unpaired) electrons. The number of benzene rings is 1. The highest BCUT2D eigenvalue weighted by molar-refractivity contribution is 5.72. The van der Waals surface area contributed by atoms with Crippen LogP contribution in [0, 0.1) is 24.2 Å². The summed E-state index contributed by atoms with van der Waals surface area (Å²) in [4.78, 5) is 11.8. The monoisotopic (exact) mass is 341 g/mol. The lowest BCUT2D eigenvalue weighted by atomic mass is 9.67. The first-order valence-electron chi connectivity index (χ1n) is 9.35. The third kappa shape index (κ3) is 3.66. The highest BCUT2D eigenvalue weighted by Gasteiger charge is 2.39. The molecular formula is C21H27NO3. The van der Waals surface area contributed by atoms with Gasteiger partial charge in [-0.3, -0.25) is 4.79 Å². The van der Waals surface area contributed by atoms with E-state index >= 15 is 0 Å². The van der Waals surface area contributed by atoms with Gasteiger partial charge in [-0.2, -0.15) is 5.26 Å². The number of carbonyl (C=O) groups excluding carboxylic acids is 1. The van der Waals surface area contributed by atoms with Gasteiger partial charge in [0, 0.05) is 0 Å². The van der Waals surface area contributed by atoms with Crippen molar-refractivity contribution in [3.63, 3.8) is 0 Å². The van der Waals surface area contributed by atoms with Gasteiger partial charge >= 0.3 is 5.97 Å². The molecule has 0 spiro atoms. The number of carbonyl (C=O) groups is 1. The van der Waals surface area contributed by atoms with Gasteiger partial charge < -0.3 is 9.47 Å². The van der Waals surface area contributed by atoms with E-state index in [9.17, 15) is 10.1 Å². The molecule has 2 aliphatic carbocycles. The molecule has 1 aromatic carbocycles. The van der Waals surface area contributed by atoms with Crippen LogP contribution in [0.3, 0.4) is 0 Å². The van der Waals surface area contributed by atoms with Crippen molar-refractivity contribution < 1.29 is 14.3 Å². The summed E-state index contributed by atoms with van der Waals surface area (Å²) >= 11 is 0. The maximum Gasteiger partial charge on any atom is 0.308 e. The van der Waals surface area contributed by atoms with Gasteiger partial charge in [-0.1, -0.05) is 12.1 Å². The van der Waals surface area contributed by atoms with Crippen molar-refractivity contribution in [2.45, 2.75) is 69.8 Å². The first-order valence-corrected chi connectivity index (χ1v) is 9.35. The van der Waals surface area contributed by atoms with Crippen LogP contribution in [0.15, 0.2) is 18.2 Å². The van der Waals surface area contributed by atoms with Gasteiger partial charge in [-0.05, 0) is 75.5 Å².